The number of ether oxygens (including phenoxy) is 1. The lowest BCUT2D eigenvalue weighted by molar-refractivity contribution is -0.0151. The summed E-state index contributed by atoms with van der Waals surface area (Å²) in [4.78, 5) is 5.30. The Morgan fingerprint density at radius 1 is 1.37 bits per heavy atom. The topological polar surface area (TPSA) is 51.1 Å². The molecule has 19 heavy (non-hydrogen) atoms. The lowest BCUT2D eigenvalue weighted by atomic mass is 9.78. The highest BCUT2D eigenvalue weighted by molar-refractivity contribution is 5.82. The number of rotatable bonds is 8. The second-order valence-corrected chi connectivity index (χ2v) is 5.96. The lowest BCUT2D eigenvalue weighted by Gasteiger charge is -2.36. The molecule has 0 radical (unpaired) electrons. The third-order valence-electron chi connectivity index (χ3n) is 3.83. The van der Waals surface area contributed by atoms with Crippen molar-refractivity contribution in [3.8, 4) is 0 Å². The van der Waals surface area contributed by atoms with Crippen LogP contribution in [0.5, 0.6) is 0 Å². The molecule has 4 nitrogen and oxygen atoms in total. The highest BCUT2D eigenvalue weighted by atomic mass is 16.7. The second-order valence-electron chi connectivity index (χ2n) is 5.96. The zero-order valence-electron chi connectivity index (χ0n) is 12.8. The first-order valence-corrected chi connectivity index (χ1v) is 7.56. The molecule has 1 aliphatic rings. The predicted octanol–water partition coefficient (Wildman–Crippen LogP) is 3.34. The molecular formula is C15H29NO3. The van der Waals surface area contributed by atoms with Gasteiger partial charge in [-0.2, -0.15) is 0 Å². The molecule has 0 spiro atoms. The number of aliphatic hydroxyl groups is 1. The van der Waals surface area contributed by atoms with Gasteiger partial charge in [-0.1, -0.05) is 39.3 Å². The van der Waals surface area contributed by atoms with E-state index in [4.69, 9.17) is 9.57 Å². The van der Waals surface area contributed by atoms with Crippen molar-refractivity contribution in [2.24, 2.45) is 16.5 Å². The van der Waals surface area contributed by atoms with Crippen molar-refractivity contribution in [2.45, 2.75) is 65.9 Å². The highest BCUT2D eigenvalue weighted by Gasteiger charge is 2.39. The van der Waals surface area contributed by atoms with Crippen molar-refractivity contribution >= 4 is 5.90 Å². The van der Waals surface area contributed by atoms with E-state index in [-0.39, 0.29) is 18.1 Å². The summed E-state index contributed by atoms with van der Waals surface area (Å²) in [6, 6.07) is 0. The molecule has 1 N–H and O–H groups in total. The monoisotopic (exact) mass is 271 g/mol. The van der Waals surface area contributed by atoms with E-state index >= 15 is 0 Å². The van der Waals surface area contributed by atoms with Gasteiger partial charge in [-0.15, -0.1) is 0 Å². The SMILES string of the molecule is CCCC(CO)(CCC(C)C)C1=NOCC(CC)O1. The first-order valence-electron chi connectivity index (χ1n) is 7.56. The van der Waals surface area contributed by atoms with E-state index in [1.54, 1.807) is 0 Å². The van der Waals surface area contributed by atoms with Crippen LogP contribution in [0.2, 0.25) is 0 Å². The van der Waals surface area contributed by atoms with E-state index in [1.165, 1.54) is 0 Å². The second kappa shape index (κ2) is 7.73. The minimum absolute atomic E-state index is 0.0642. The molecule has 0 aliphatic carbocycles. The summed E-state index contributed by atoms with van der Waals surface area (Å²) in [5.41, 5.74) is -0.368. The first kappa shape index (κ1) is 16.3. The first-order chi connectivity index (χ1) is 9.07. The molecule has 0 saturated heterocycles. The molecule has 0 fully saturated rings. The van der Waals surface area contributed by atoms with Gasteiger partial charge in [-0.25, -0.2) is 0 Å². The highest BCUT2D eigenvalue weighted by Crippen LogP contribution is 2.35. The number of aliphatic hydroxyl groups excluding tert-OH is 1. The maximum Gasteiger partial charge on any atom is 0.234 e. The summed E-state index contributed by atoms with van der Waals surface area (Å²) >= 11 is 0. The Bertz CT molecular complexity index is 291. The van der Waals surface area contributed by atoms with E-state index in [0.717, 1.165) is 32.1 Å². The van der Waals surface area contributed by atoms with Crippen molar-refractivity contribution in [3.05, 3.63) is 0 Å². The number of hydrogen-bond acceptors (Lipinski definition) is 4. The summed E-state index contributed by atoms with van der Waals surface area (Å²) in [6.07, 6.45) is 4.80. The zero-order valence-corrected chi connectivity index (χ0v) is 12.8. The zero-order chi connectivity index (χ0) is 14.3. The van der Waals surface area contributed by atoms with Crippen molar-refractivity contribution in [3.63, 3.8) is 0 Å². The Kier molecular flexibility index (Phi) is 6.63. The van der Waals surface area contributed by atoms with Crippen LogP contribution >= 0.6 is 0 Å². The molecule has 0 aromatic rings. The van der Waals surface area contributed by atoms with Gasteiger partial charge in [-0.05, 0) is 31.6 Å². The van der Waals surface area contributed by atoms with Crippen molar-refractivity contribution in [2.75, 3.05) is 13.2 Å². The summed E-state index contributed by atoms with van der Waals surface area (Å²) < 4.78 is 5.94. The molecule has 0 aromatic carbocycles. The molecular weight excluding hydrogens is 242 g/mol. The van der Waals surface area contributed by atoms with Gasteiger partial charge in [0.25, 0.3) is 0 Å². The average Bonchev–Trinajstić information content (AvgIpc) is 2.43. The fraction of sp³-hybridized carbons (Fsp3) is 0.933. The molecule has 0 bridgehead atoms. The summed E-state index contributed by atoms with van der Waals surface area (Å²) in [7, 11) is 0. The lowest BCUT2D eigenvalue weighted by Crippen LogP contribution is -2.42. The largest absolute Gasteiger partial charge is 0.471 e. The Balaban J connectivity index is 2.84. The van der Waals surface area contributed by atoms with Crippen molar-refractivity contribution in [1.29, 1.82) is 0 Å². The normalized spacial score (nSPS) is 22.4. The third kappa shape index (κ3) is 4.37. The predicted molar refractivity (Wildman–Crippen MR) is 77.0 cm³/mol. The van der Waals surface area contributed by atoms with E-state index in [0.29, 0.717) is 18.4 Å². The van der Waals surface area contributed by atoms with Crippen LogP contribution in [-0.2, 0) is 9.57 Å². The molecule has 0 amide bonds. The van der Waals surface area contributed by atoms with Crippen LogP contribution in [0.25, 0.3) is 0 Å². The van der Waals surface area contributed by atoms with Gasteiger partial charge in [0, 0.05) is 0 Å². The molecule has 0 saturated carbocycles. The van der Waals surface area contributed by atoms with Crippen LogP contribution in [0.3, 0.4) is 0 Å². The van der Waals surface area contributed by atoms with Gasteiger partial charge in [0.05, 0.1) is 12.0 Å². The fourth-order valence-electron chi connectivity index (χ4n) is 2.42. The Morgan fingerprint density at radius 3 is 2.63 bits per heavy atom. The Morgan fingerprint density at radius 2 is 2.11 bits per heavy atom. The summed E-state index contributed by atoms with van der Waals surface area (Å²) in [5, 5.41) is 14.0. The Labute approximate surface area is 117 Å². The third-order valence-corrected chi connectivity index (χ3v) is 3.83. The quantitative estimate of drug-likeness (QED) is 0.736. The molecule has 1 aliphatic heterocycles. The number of nitrogens with zero attached hydrogens (tertiary/aromatic N) is 1. The summed E-state index contributed by atoms with van der Waals surface area (Å²) in [6.45, 7) is 9.18. The molecule has 112 valence electrons. The van der Waals surface area contributed by atoms with E-state index < -0.39 is 0 Å². The maximum absolute atomic E-state index is 9.92. The Hall–Kier alpha value is -0.770. The van der Waals surface area contributed by atoms with Gasteiger partial charge in [0.2, 0.25) is 5.90 Å². The number of oxime groups is 1. The molecule has 2 atom stereocenters. The minimum Gasteiger partial charge on any atom is -0.471 e. The van der Waals surface area contributed by atoms with Crippen LogP contribution < -0.4 is 0 Å². The van der Waals surface area contributed by atoms with Crippen LogP contribution in [-0.4, -0.2) is 30.3 Å². The number of hydrogen-bond donors (Lipinski definition) is 1. The standard InChI is InChI=1S/C15H29NO3/c1-5-8-15(11-17,9-7-12(3)4)14-16-18-10-13(6-2)19-14/h12-13,17H,5-11H2,1-4H3. The van der Waals surface area contributed by atoms with Crippen molar-refractivity contribution < 1.29 is 14.7 Å². The van der Waals surface area contributed by atoms with Gasteiger partial charge < -0.3 is 14.7 Å². The molecule has 1 rings (SSSR count). The van der Waals surface area contributed by atoms with E-state index in [9.17, 15) is 5.11 Å². The van der Waals surface area contributed by atoms with Crippen LogP contribution in [0.15, 0.2) is 5.16 Å². The molecule has 4 heteroatoms. The maximum atomic E-state index is 9.92. The summed E-state index contributed by atoms with van der Waals surface area (Å²) in [5.74, 6) is 1.21. The van der Waals surface area contributed by atoms with Gasteiger partial charge in [-0.3, -0.25) is 0 Å². The fourth-order valence-corrected chi connectivity index (χ4v) is 2.42. The van der Waals surface area contributed by atoms with Gasteiger partial charge in [0.1, 0.15) is 6.10 Å². The molecule has 0 aromatic heterocycles. The van der Waals surface area contributed by atoms with Crippen LogP contribution in [0, 0.1) is 11.3 Å². The van der Waals surface area contributed by atoms with E-state index in [2.05, 4.69) is 32.9 Å². The molecule has 1 heterocycles. The average molecular weight is 271 g/mol. The van der Waals surface area contributed by atoms with E-state index in [1.807, 2.05) is 0 Å². The smallest absolute Gasteiger partial charge is 0.234 e. The molecule has 2 unspecified atom stereocenters. The van der Waals surface area contributed by atoms with Crippen LogP contribution in [0.1, 0.15) is 59.8 Å². The van der Waals surface area contributed by atoms with Crippen molar-refractivity contribution in [1.82, 2.24) is 0 Å². The van der Waals surface area contributed by atoms with Gasteiger partial charge in [0.15, 0.2) is 6.61 Å². The van der Waals surface area contributed by atoms with Crippen LogP contribution in [0.4, 0.5) is 0 Å². The van der Waals surface area contributed by atoms with Gasteiger partial charge >= 0.3 is 0 Å². The minimum atomic E-state index is -0.368.